The van der Waals surface area contributed by atoms with Gasteiger partial charge < -0.3 is 15.4 Å². The molecule has 1 aliphatic carbocycles. The highest BCUT2D eigenvalue weighted by molar-refractivity contribution is 7.09. The van der Waals surface area contributed by atoms with Gasteiger partial charge in [0.2, 0.25) is 0 Å². The van der Waals surface area contributed by atoms with Crippen molar-refractivity contribution in [1.82, 2.24) is 15.6 Å². The molecule has 0 radical (unpaired) electrons. The molecule has 7 heteroatoms. The van der Waals surface area contributed by atoms with Crippen LogP contribution in [0.2, 0.25) is 0 Å². The first-order valence-electron chi connectivity index (χ1n) is 11.7. The molecule has 3 aromatic rings. The van der Waals surface area contributed by atoms with Crippen molar-refractivity contribution in [3.05, 3.63) is 80.8 Å². The second kappa shape index (κ2) is 10.8. The zero-order valence-electron chi connectivity index (χ0n) is 19.9. The van der Waals surface area contributed by atoms with Crippen LogP contribution in [0.4, 0.5) is 0 Å². The summed E-state index contributed by atoms with van der Waals surface area (Å²) in [6.07, 6.45) is 3.72. The lowest BCUT2D eigenvalue weighted by atomic mass is 9.89. The van der Waals surface area contributed by atoms with Gasteiger partial charge in [0.25, 0.3) is 11.8 Å². The molecule has 0 unspecified atom stereocenters. The van der Waals surface area contributed by atoms with Crippen LogP contribution in [-0.2, 0) is 6.61 Å². The van der Waals surface area contributed by atoms with Crippen molar-refractivity contribution >= 4 is 23.2 Å². The van der Waals surface area contributed by atoms with Crippen LogP contribution in [0.25, 0.3) is 0 Å². The van der Waals surface area contributed by atoms with E-state index in [-0.39, 0.29) is 23.9 Å². The molecule has 2 amide bonds. The highest BCUT2D eigenvalue weighted by Gasteiger charge is 2.29. The quantitative estimate of drug-likeness (QED) is 0.495. The minimum absolute atomic E-state index is 0.0938. The number of nitrogens with zero attached hydrogens (tertiary/aromatic N) is 1. The molecule has 0 saturated heterocycles. The SMILES string of the molecule is Cc1cc(C)cc(OCc2nc(C(=O)N[C@@H]3CCCC[C@@H]3NC(=O)c3ccccc3C)cs2)c1. The topological polar surface area (TPSA) is 80.3 Å². The standard InChI is InChI=1S/C27H31N3O3S/c1-17-12-18(2)14-20(13-17)33-15-25-28-24(16-34-25)27(32)30-23-11-7-6-10-22(23)29-26(31)21-9-5-4-8-19(21)3/h4-5,8-9,12-14,16,22-23H,6-7,10-11,15H2,1-3H3,(H,29,31)(H,30,32)/t22-,23+/m0/s1. The largest absolute Gasteiger partial charge is 0.486 e. The van der Waals surface area contributed by atoms with E-state index in [1.165, 1.54) is 11.3 Å². The Morgan fingerprint density at radius 3 is 2.29 bits per heavy atom. The minimum Gasteiger partial charge on any atom is -0.486 e. The summed E-state index contributed by atoms with van der Waals surface area (Å²) >= 11 is 1.41. The second-order valence-corrected chi connectivity index (χ2v) is 9.94. The first-order chi connectivity index (χ1) is 16.4. The Bertz CT molecular complexity index is 1150. The van der Waals surface area contributed by atoms with E-state index in [0.29, 0.717) is 17.9 Å². The summed E-state index contributed by atoms with van der Waals surface area (Å²) in [5.74, 6) is 0.493. The highest BCUT2D eigenvalue weighted by Crippen LogP contribution is 2.22. The number of hydrogen-bond donors (Lipinski definition) is 2. The first-order valence-corrected chi connectivity index (χ1v) is 12.6. The lowest BCUT2D eigenvalue weighted by Crippen LogP contribution is -2.53. The maximum absolute atomic E-state index is 12.9. The molecule has 2 atom stereocenters. The van der Waals surface area contributed by atoms with E-state index in [1.54, 1.807) is 5.38 Å². The van der Waals surface area contributed by atoms with Crippen LogP contribution in [0.1, 0.15) is 68.2 Å². The van der Waals surface area contributed by atoms with Crippen molar-refractivity contribution in [1.29, 1.82) is 0 Å². The highest BCUT2D eigenvalue weighted by atomic mass is 32.1. The molecule has 6 nitrogen and oxygen atoms in total. The van der Waals surface area contributed by atoms with Crippen molar-refractivity contribution in [2.75, 3.05) is 0 Å². The van der Waals surface area contributed by atoms with Crippen LogP contribution in [0.15, 0.2) is 47.8 Å². The van der Waals surface area contributed by atoms with Gasteiger partial charge in [0.1, 0.15) is 23.1 Å². The molecule has 178 valence electrons. The summed E-state index contributed by atoms with van der Waals surface area (Å²) in [6.45, 7) is 6.32. The monoisotopic (exact) mass is 477 g/mol. The van der Waals surface area contributed by atoms with Gasteiger partial charge in [0.05, 0.1) is 0 Å². The Kier molecular flexibility index (Phi) is 7.63. The summed E-state index contributed by atoms with van der Waals surface area (Å²) in [5, 5.41) is 8.76. The normalized spacial score (nSPS) is 17.7. The lowest BCUT2D eigenvalue weighted by molar-refractivity contribution is 0.0860. The zero-order valence-corrected chi connectivity index (χ0v) is 20.7. The molecule has 1 aromatic heterocycles. The van der Waals surface area contributed by atoms with Crippen molar-refractivity contribution in [3.63, 3.8) is 0 Å². The summed E-state index contributed by atoms with van der Waals surface area (Å²) < 4.78 is 5.88. The van der Waals surface area contributed by atoms with E-state index < -0.39 is 0 Å². The average molecular weight is 478 g/mol. The third-order valence-corrected chi connectivity index (χ3v) is 6.95. The smallest absolute Gasteiger partial charge is 0.271 e. The predicted octanol–water partition coefficient (Wildman–Crippen LogP) is 5.12. The van der Waals surface area contributed by atoms with E-state index in [9.17, 15) is 9.59 Å². The molecule has 0 spiro atoms. The number of thiazole rings is 1. The fourth-order valence-corrected chi connectivity index (χ4v) is 5.12. The fraction of sp³-hybridized carbons (Fsp3) is 0.370. The van der Waals surface area contributed by atoms with Crippen LogP contribution in [0.3, 0.4) is 0 Å². The van der Waals surface area contributed by atoms with Gasteiger partial charge in [-0.15, -0.1) is 11.3 Å². The van der Waals surface area contributed by atoms with E-state index in [4.69, 9.17) is 4.74 Å². The van der Waals surface area contributed by atoms with Gasteiger partial charge in [-0.05, 0) is 68.5 Å². The zero-order chi connectivity index (χ0) is 24.1. The summed E-state index contributed by atoms with van der Waals surface area (Å²) in [6, 6.07) is 13.4. The number of ether oxygens (including phenoxy) is 1. The number of carbonyl (C=O) groups excluding carboxylic acids is 2. The Balaban J connectivity index is 1.36. The lowest BCUT2D eigenvalue weighted by Gasteiger charge is -2.32. The molecule has 34 heavy (non-hydrogen) atoms. The maximum atomic E-state index is 12.9. The van der Waals surface area contributed by atoms with Crippen molar-refractivity contribution < 1.29 is 14.3 Å². The van der Waals surface area contributed by atoms with Gasteiger partial charge in [0, 0.05) is 23.0 Å². The van der Waals surface area contributed by atoms with Crippen LogP contribution < -0.4 is 15.4 Å². The number of amides is 2. The van der Waals surface area contributed by atoms with Crippen molar-refractivity contribution in [2.24, 2.45) is 0 Å². The van der Waals surface area contributed by atoms with Crippen LogP contribution in [-0.4, -0.2) is 28.9 Å². The molecular formula is C27H31N3O3S. The van der Waals surface area contributed by atoms with E-state index >= 15 is 0 Å². The summed E-state index contributed by atoms with van der Waals surface area (Å²) in [4.78, 5) is 30.2. The first kappa shape index (κ1) is 24.0. The molecule has 0 aliphatic heterocycles. The van der Waals surface area contributed by atoms with E-state index in [1.807, 2.05) is 57.2 Å². The minimum atomic E-state index is -0.212. The number of nitrogens with one attached hydrogen (secondary N) is 2. The van der Waals surface area contributed by atoms with Gasteiger partial charge in [-0.2, -0.15) is 0 Å². The molecule has 1 fully saturated rings. The Morgan fingerprint density at radius 1 is 0.971 bits per heavy atom. The number of benzene rings is 2. The third kappa shape index (κ3) is 6.03. The van der Waals surface area contributed by atoms with Crippen molar-refractivity contribution in [2.45, 2.75) is 65.1 Å². The number of carbonyl (C=O) groups is 2. The Hall–Kier alpha value is -3.19. The number of aryl methyl sites for hydroxylation is 3. The van der Waals surface area contributed by atoms with Gasteiger partial charge in [-0.1, -0.05) is 37.1 Å². The summed E-state index contributed by atoms with van der Waals surface area (Å²) in [7, 11) is 0. The number of aromatic nitrogens is 1. The predicted molar refractivity (Wildman–Crippen MR) is 135 cm³/mol. The maximum Gasteiger partial charge on any atom is 0.271 e. The van der Waals surface area contributed by atoms with Gasteiger partial charge in [-0.25, -0.2) is 4.98 Å². The van der Waals surface area contributed by atoms with E-state index in [0.717, 1.165) is 53.1 Å². The molecule has 1 saturated carbocycles. The number of rotatable bonds is 7. The Labute approximate surface area is 204 Å². The van der Waals surface area contributed by atoms with Crippen LogP contribution >= 0.6 is 11.3 Å². The fourth-order valence-electron chi connectivity index (χ4n) is 4.44. The molecule has 1 heterocycles. The van der Waals surface area contributed by atoms with E-state index in [2.05, 4.69) is 21.7 Å². The third-order valence-electron chi connectivity index (χ3n) is 6.13. The van der Waals surface area contributed by atoms with Crippen molar-refractivity contribution in [3.8, 4) is 5.75 Å². The molecular weight excluding hydrogens is 446 g/mol. The average Bonchev–Trinajstić information content (AvgIpc) is 3.28. The van der Waals surface area contributed by atoms with Crippen LogP contribution in [0, 0.1) is 20.8 Å². The summed E-state index contributed by atoms with van der Waals surface area (Å²) in [5.41, 5.74) is 4.29. The Morgan fingerprint density at radius 2 is 1.62 bits per heavy atom. The molecule has 1 aliphatic rings. The van der Waals surface area contributed by atoms with Gasteiger partial charge in [-0.3, -0.25) is 9.59 Å². The second-order valence-electron chi connectivity index (χ2n) is 9.00. The molecule has 2 N–H and O–H groups in total. The molecule has 2 aromatic carbocycles. The van der Waals surface area contributed by atoms with Crippen LogP contribution in [0.5, 0.6) is 5.75 Å². The van der Waals surface area contributed by atoms with Gasteiger partial charge >= 0.3 is 0 Å². The van der Waals surface area contributed by atoms with Gasteiger partial charge in [0.15, 0.2) is 0 Å². The number of hydrogen-bond acceptors (Lipinski definition) is 5. The molecule has 4 rings (SSSR count). The molecule has 0 bridgehead atoms.